The van der Waals surface area contributed by atoms with E-state index in [-0.39, 0.29) is 29.4 Å². The molecule has 1 atom stereocenters. The predicted molar refractivity (Wildman–Crippen MR) is 99.4 cm³/mol. The molecular formula is C21H34N2O3. The summed E-state index contributed by atoms with van der Waals surface area (Å²) < 4.78 is 5.15. The van der Waals surface area contributed by atoms with E-state index in [4.69, 9.17) is 4.74 Å². The molecule has 0 radical (unpaired) electrons. The second-order valence-electron chi connectivity index (χ2n) is 9.43. The first-order valence-corrected chi connectivity index (χ1v) is 10.7. The van der Waals surface area contributed by atoms with Gasteiger partial charge in [0, 0.05) is 5.54 Å². The second-order valence-corrected chi connectivity index (χ2v) is 9.43. The Bertz CT molecular complexity index is 518. The van der Waals surface area contributed by atoms with Crippen LogP contribution in [0.15, 0.2) is 0 Å². The highest BCUT2D eigenvalue weighted by Crippen LogP contribution is 2.55. The van der Waals surface area contributed by atoms with Gasteiger partial charge in [0.2, 0.25) is 5.91 Å². The Hall–Kier alpha value is -1.10. The molecule has 4 saturated carbocycles. The third-order valence-electron chi connectivity index (χ3n) is 7.50. The SMILES string of the molecule is CCOC(=O)C1CCN(C(C)C(=O)NC23CC4CC(CC(C4)C2)C3)CC1. The third kappa shape index (κ3) is 3.51. The molecule has 1 aliphatic heterocycles. The maximum Gasteiger partial charge on any atom is 0.309 e. The number of amides is 1. The van der Waals surface area contributed by atoms with Crippen molar-refractivity contribution in [2.45, 2.75) is 76.8 Å². The van der Waals surface area contributed by atoms with Gasteiger partial charge in [0.25, 0.3) is 0 Å². The summed E-state index contributed by atoms with van der Waals surface area (Å²) in [5.41, 5.74) is 0.0867. The molecule has 5 fully saturated rings. The second kappa shape index (κ2) is 7.14. The van der Waals surface area contributed by atoms with Gasteiger partial charge in [0.15, 0.2) is 0 Å². The molecule has 1 saturated heterocycles. The van der Waals surface area contributed by atoms with E-state index < -0.39 is 0 Å². The van der Waals surface area contributed by atoms with Gasteiger partial charge in [-0.2, -0.15) is 0 Å². The Balaban J connectivity index is 1.31. The average Bonchev–Trinajstić information content (AvgIpc) is 2.60. The molecule has 1 heterocycles. The van der Waals surface area contributed by atoms with Gasteiger partial charge in [-0.25, -0.2) is 0 Å². The van der Waals surface area contributed by atoms with E-state index in [9.17, 15) is 9.59 Å². The number of carbonyl (C=O) groups excluding carboxylic acids is 2. The highest BCUT2D eigenvalue weighted by atomic mass is 16.5. The lowest BCUT2D eigenvalue weighted by atomic mass is 9.53. The summed E-state index contributed by atoms with van der Waals surface area (Å²) in [7, 11) is 0. The van der Waals surface area contributed by atoms with Crippen LogP contribution in [0, 0.1) is 23.7 Å². The van der Waals surface area contributed by atoms with Crippen LogP contribution in [0.2, 0.25) is 0 Å². The summed E-state index contributed by atoms with van der Waals surface area (Å²) in [6.07, 6.45) is 9.37. The summed E-state index contributed by atoms with van der Waals surface area (Å²) >= 11 is 0. The first-order valence-electron chi connectivity index (χ1n) is 10.7. The molecule has 4 aliphatic carbocycles. The third-order valence-corrected chi connectivity index (χ3v) is 7.50. The summed E-state index contributed by atoms with van der Waals surface area (Å²) in [5.74, 6) is 2.66. The number of hydrogen-bond acceptors (Lipinski definition) is 4. The van der Waals surface area contributed by atoms with Crippen molar-refractivity contribution in [1.82, 2.24) is 10.2 Å². The number of likely N-dealkylation sites (tertiary alicyclic amines) is 1. The molecule has 5 aliphatic rings. The summed E-state index contributed by atoms with van der Waals surface area (Å²) in [5, 5.41) is 3.50. The van der Waals surface area contributed by atoms with E-state index in [1.165, 1.54) is 38.5 Å². The van der Waals surface area contributed by atoms with Crippen LogP contribution in [0.25, 0.3) is 0 Å². The van der Waals surface area contributed by atoms with Gasteiger partial charge < -0.3 is 10.1 Å². The Morgan fingerprint density at radius 3 is 2.12 bits per heavy atom. The molecule has 146 valence electrons. The summed E-state index contributed by atoms with van der Waals surface area (Å²) in [4.78, 5) is 27.1. The predicted octanol–water partition coefficient (Wildman–Crippen LogP) is 2.74. The van der Waals surface area contributed by atoms with Gasteiger partial charge >= 0.3 is 5.97 Å². The smallest absolute Gasteiger partial charge is 0.309 e. The van der Waals surface area contributed by atoms with Crippen molar-refractivity contribution >= 4 is 11.9 Å². The van der Waals surface area contributed by atoms with Gasteiger partial charge in [-0.15, -0.1) is 0 Å². The van der Waals surface area contributed by atoms with Crippen LogP contribution < -0.4 is 5.32 Å². The minimum absolute atomic E-state index is 0.00427. The molecule has 0 aromatic heterocycles. The number of hydrogen-bond donors (Lipinski definition) is 1. The average molecular weight is 363 g/mol. The lowest BCUT2D eigenvalue weighted by Crippen LogP contribution is -2.62. The van der Waals surface area contributed by atoms with Crippen LogP contribution in [-0.4, -0.2) is 48.1 Å². The lowest BCUT2D eigenvalue weighted by Gasteiger charge is -2.57. The van der Waals surface area contributed by atoms with Gasteiger partial charge in [0.1, 0.15) is 0 Å². The van der Waals surface area contributed by atoms with Crippen molar-refractivity contribution in [3.63, 3.8) is 0 Å². The number of ether oxygens (including phenoxy) is 1. The van der Waals surface area contributed by atoms with E-state index in [1.54, 1.807) is 0 Å². The summed E-state index contributed by atoms with van der Waals surface area (Å²) in [6.45, 7) is 5.94. The lowest BCUT2D eigenvalue weighted by molar-refractivity contribution is -0.150. The minimum Gasteiger partial charge on any atom is -0.466 e. The van der Waals surface area contributed by atoms with E-state index in [0.717, 1.165) is 43.7 Å². The first-order chi connectivity index (χ1) is 12.5. The zero-order valence-corrected chi connectivity index (χ0v) is 16.3. The maximum atomic E-state index is 13.0. The van der Waals surface area contributed by atoms with Crippen LogP contribution in [0.4, 0.5) is 0 Å². The highest BCUT2D eigenvalue weighted by molar-refractivity contribution is 5.82. The van der Waals surface area contributed by atoms with Crippen molar-refractivity contribution in [1.29, 1.82) is 0 Å². The topological polar surface area (TPSA) is 58.6 Å². The Morgan fingerprint density at radius 1 is 1.08 bits per heavy atom. The fourth-order valence-electron chi connectivity index (χ4n) is 6.58. The zero-order chi connectivity index (χ0) is 18.3. The molecule has 26 heavy (non-hydrogen) atoms. The first kappa shape index (κ1) is 18.3. The van der Waals surface area contributed by atoms with Gasteiger partial charge in [-0.3, -0.25) is 14.5 Å². The molecule has 5 rings (SSSR count). The Morgan fingerprint density at radius 2 is 1.62 bits per heavy atom. The number of nitrogens with zero attached hydrogens (tertiary/aromatic N) is 1. The maximum absolute atomic E-state index is 13.0. The van der Waals surface area contributed by atoms with Crippen molar-refractivity contribution in [3.8, 4) is 0 Å². The van der Waals surface area contributed by atoms with Gasteiger partial charge in [-0.05, 0) is 96.1 Å². The van der Waals surface area contributed by atoms with E-state index in [1.807, 2.05) is 13.8 Å². The van der Waals surface area contributed by atoms with Crippen LogP contribution in [0.1, 0.15) is 65.2 Å². The minimum atomic E-state index is -0.105. The number of piperidine rings is 1. The molecule has 1 N–H and O–H groups in total. The molecule has 0 spiro atoms. The van der Waals surface area contributed by atoms with E-state index >= 15 is 0 Å². The number of rotatable bonds is 5. The van der Waals surface area contributed by atoms with Gasteiger partial charge in [-0.1, -0.05) is 0 Å². The van der Waals surface area contributed by atoms with Crippen LogP contribution in [-0.2, 0) is 14.3 Å². The summed E-state index contributed by atoms with van der Waals surface area (Å²) in [6, 6.07) is -0.105. The molecule has 5 heteroatoms. The van der Waals surface area contributed by atoms with Crippen molar-refractivity contribution in [3.05, 3.63) is 0 Å². The van der Waals surface area contributed by atoms with Crippen LogP contribution in [0.5, 0.6) is 0 Å². The molecule has 0 aromatic rings. The molecule has 1 unspecified atom stereocenters. The number of esters is 1. The molecule has 4 bridgehead atoms. The van der Waals surface area contributed by atoms with Gasteiger partial charge in [0.05, 0.1) is 18.6 Å². The highest BCUT2D eigenvalue weighted by Gasteiger charge is 2.51. The molecule has 0 aromatic carbocycles. The molecular weight excluding hydrogens is 328 g/mol. The monoisotopic (exact) mass is 362 g/mol. The fourth-order valence-corrected chi connectivity index (χ4v) is 6.58. The zero-order valence-electron chi connectivity index (χ0n) is 16.3. The fraction of sp³-hybridized carbons (Fsp3) is 0.905. The van der Waals surface area contributed by atoms with Crippen LogP contribution in [0.3, 0.4) is 0 Å². The number of nitrogens with one attached hydrogen (secondary N) is 1. The van der Waals surface area contributed by atoms with Crippen molar-refractivity contribution < 1.29 is 14.3 Å². The van der Waals surface area contributed by atoms with Crippen molar-refractivity contribution in [2.75, 3.05) is 19.7 Å². The Labute approximate surface area is 157 Å². The normalized spacial score (nSPS) is 38.2. The largest absolute Gasteiger partial charge is 0.466 e. The van der Waals surface area contributed by atoms with E-state index in [0.29, 0.717) is 6.61 Å². The standard InChI is InChI=1S/C21H34N2O3/c1-3-26-20(25)18-4-6-23(7-5-18)14(2)19(24)22-21-11-15-8-16(12-21)10-17(9-15)13-21/h14-18H,3-13H2,1-2H3,(H,22,24). The van der Waals surface area contributed by atoms with Crippen LogP contribution >= 0.6 is 0 Å². The van der Waals surface area contributed by atoms with Crippen molar-refractivity contribution in [2.24, 2.45) is 23.7 Å². The molecule has 5 nitrogen and oxygen atoms in total. The molecule has 1 amide bonds. The van der Waals surface area contributed by atoms with E-state index in [2.05, 4.69) is 10.2 Å². The number of carbonyl (C=O) groups is 2. The Kier molecular flexibility index (Phi) is 5.02. The quantitative estimate of drug-likeness (QED) is 0.764.